The van der Waals surface area contributed by atoms with Crippen LogP contribution in [0.15, 0.2) is 48.5 Å². The second-order valence-electron chi connectivity index (χ2n) is 10.5. The molecule has 2 fully saturated rings. The molecular weight excluding hydrogens is 411 g/mol. The molecule has 0 radical (unpaired) electrons. The Bertz CT molecular complexity index is 919. The minimum absolute atomic E-state index is 0.0145. The van der Waals surface area contributed by atoms with Crippen molar-refractivity contribution in [3.63, 3.8) is 0 Å². The van der Waals surface area contributed by atoms with Gasteiger partial charge in [0.2, 0.25) is 5.91 Å². The molecule has 1 heterocycles. The van der Waals surface area contributed by atoms with E-state index in [1.807, 2.05) is 26.0 Å². The lowest BCUT2D eigenvalue weighted by molar-refractivity contribution is -0.138. The fourth-order valence-electron chi connectivity index (χ4n) is 5.73. The summed E-state index contributed by atoms with van der Waals surface area (Å²) in [6.07, 6.45) is 5.97. The third-order valence-corrected chi connectivity index (χ3v) is 7.60. The standard InChI is InChI=1S/C29H39FN2O/c1-21(2)29(33)32(26-10-5-4-6-11-26)19-25-18-31(17-24-9-7-8-12-28(24)30)20-27(25)23-15-13-22(3)14-16-23/h7-9,12-16,21,25-27H,4-6,10-11,17-20H2,1-3H3/t25-,27+/m0/s1. The highest BCUT2D eigenvalue weighted by atomic mass is 19.1. The van der Waals surface area contributed by atoms with Crippen LogP contribution in [0.1, 0.15) is 68.6 Å². The van der Waals surface area contributed by atoms with Gasteiger partial charge in [-0.1, -0.05) is 81.1 Å². The van der Waals surface area contributed by atoms with Crippen molar-refractivity contribution in [2.75, 3.05) is 19.6 Å². The highest BCUT2D eigenvalue weighted by Gasteiger charge is 2.38. The Kier molecular flexibility index (Phi) is 7.85. The summed E-state index contributed by atoms with van der Waals surface area (Å²) >= 11 is 0. The van der Waals surface area contributed by atoms with Gasteiger partial charge in [-0.3, -0.25) is 9.69 Å². The third kappa shape index (κ3) is 5.84. The number of likely N-dealkylation sites (tertiary alicyclic amines) is 1. The van der Waals surface area contributed by atoms with Gasteiger partial charge in [0.25, 0.3) is 0 Å². The molecule has 4 heteroatoms. The number of rotatable bonds is 7. The Morgan fingerprint density at radius 1 is 1.03 bits per heavy atom. The SMILES string of the molecule is Cc1ccc([C@H]2CN(Cc3ccccc3F)C[C@H]2CN(C(=O)C(C)C)C2CCCCC2)cc1. The van der Waals surface area contributed by atoms with E-state index < -0.39 is 0 Å². The fourth-order valence-corrected chi connectivity index (χ4v) is 5.73. The summed E-state index contributed by atoms with van der Waals surface area (Å²) in [4.78, 5) is 17.9. The van der Waals surface area contributed by atoms with Crippen LogP contribution in [0.5, 0.6) is 0 Å². The van der Waals surface area contributed by atoms with Gasteiger partial charge in [-0.25, -0.2) is 4.39 Å². The van der Waals surface area contributed by atoms with E-state index in [4.69, 9.17) is 0 Å². The van der Waals surface area contributed by atoms with E-state index in [9.17, 15) is 9.18 Å². The van der Waals surface area contributed by atoms with Gasteiger partial charge in [-0.2, -0.15) is 0 Å². The number of hydrogen-bond acceptors (Lipinski definition) is 2. The van der Waals surface area contributed by atoms with Crippen LogP contribution in [-0.2, 0) is 11.3 Å². The van der Waals surface area contributed by atoms with E-state index in [0.717, 1.165) is 38.0 Å². The Hall–Kier alpha value is -2.20. The van der Waals surface area contributed by atoms with Gasteiger partial charge in [0.05, 0.1) is 0 Å². The largest absolute Gasteiger partial charge is 0.339 e. The molecule has 33 heavy (non-hydrogen) atoms. The summed E-state index contributed by atoms with van der Waals surface area (Å²) in [5.41, 5.74) is 3.35. The molecule has 1 saturated heterocycles. The highest BCUT2D eigenvalue weighted by molar-refractivity contribution is 5.78. The first kappa shape index (κ1) is 23.9. The Labute approximate surface area is 199 Å². The van der Waals surface area contributed by atoms with Gasteiger partial charge in [-0.15, -0.1) is 0 Å². The number of benzene rings is 2. The van der Waals surface area contributed by atoms with Crippen molar-refractivity contribution >= 4 is 5.91 Å². The maximum atomic E-state index is 14.4. The van der Waals surface area contributed by atoms with Crippen LogP contribution in [0.3, 0.4) is 0 Å². The zero-order chi connectivity index (χ0) is 23.4. The smallest absolute Gasteiger partial charge is 0.225 e. The van der Waals surface area contributed by atoms with Crippen molar-refractivity contribution in [3.8, 4) is 0 Å². The van der Waals surface area contributed by atoms with Crippen LogP contribution in [0.4, 0.5) is 4.39 Å². The molecule has 1 saturated carbocycles. The highest BCUT2D eigenvalue weighted by Crippen LogP contribution is 2.36. The van der Waals surface area contributed by atoms with E-state index in [1.54, 1.807) is 12.1 Å². The van der Waals surface area contributed by atoms with E-state index in [0.29, 0.717) is 24.4 Å². The summed E-state index contributed by atoms with van der Waals surface area (Å²) in [6.45, 7) is 9.37. The predicted octanol–water partition coefficient (Wildman–Crippen LogP) is 6.17. The molecule has 1 aliphatic heterocycles. The van der Waals surface area contributed by atoms with Gasteiger partial charge in [0, 0.05) is 49.6 Å². The van der Waals surface area contributed by atoms with Crippen LogP contribution >= 0.6 is 0 Å². The molecule has 1 amide bonds. The number of aryl methyl sites for hydroxylation is 1. The second-order valence-corrected chi connectivity index (χ2v) is 10.5. The van der Waals surface area contributed by atoms with Gasteiger partial charge < -0.3 is 4.90 Å². The average Bonchev–Trinajstić information content (AvgIpc) is 3.21. The molecule has 0 unspecified atom stereocenters. The summed E-state index contributed by atoms with van der Waals surface area (Å²) in [5.74, 6) is 0.872. The average molecular weight is 451 g/mol. The van der Waals surface area contributed by atoms with E-state index in [-0.39, 0.29) is 17.6 Å². The third-order valence-electron chi connectivity index (χ3n) is 7.60. The van der Waals surface area contributed by atoms with Gasteiger partial charge in [0.1, 0.15) is 5.82 Å². The van der Waals surface area contributed by atoms with Gasteiger partial charge in [-0.05, 0) is 37.3 Å². The molecule has 2 atom stereocenters. The van der Waals surface area contributed by atoms with E-state index in [1.165, 1.54) is 30.4 Å². The van der Waals surface area contributed by atoms with Gasteiger partial charge >= 0.3 is 0 Å². The second kappa shape index (κ2) is 10.8. The summed E-state index contributed by atoms with van der Waals surface area (Å²) in [7, 11) is 0. The zero-order valence-corrected chi connectivity index (χ0v) is 20.5. The molecule has 0 aromatic heterocycles. The molecule has 0 bridgehead atoms. The van der Waals surface area contributed by atoms with Crippen molar-refractivity contribution in [1.82, 2.24) is 9.80 Å². The van der Waals surface area contributed by atoms with Crippen LogP contribution < -0.4 is 0 Å². The lowest BCUT2D eigenvalue weighted by Crippen LogP contribution is -2.47. The van der Waals surface area contributed by atoms with Crippen LogP contribution in [-0.4, -0.2) is 41.4 Å². The zero-order valence-electron chi connectivity index (χ0n) is 20.5. The summed E-state index contributed by atoms with van der Waals surface area (Å²) in [5, 5.41) is 0. The topological polar surface area (TPSA) is 23.6 Å². The Balaban J connectivity index is 1.58. The summed E-state index contributed by atoms with van der Waals surface area (Å²) < 4.78 is 14.4. The number of hydrogen-bond donors (Lipinski definition) is 0. The minimum atomic E-state index is -0.133. The molecule has 2 aromatic rings. The van der Waals surface area contributed by atoms with Crippen LogP contribution in [0, 0.1) is 24.6 Å². The molecule has 0 N–H and O–H groups in total. The molecule has 3 nitrogen and oxygen atoms in total. The minimum Gasteiger partial charge on any atom is -0.339 e. The quantitative estimate of drug-likeness (QED) is 0.504. The summed E-state index contributed by atoms with van der Waals surface area (Å²) in [6, 6.07) is 16.3. The first-order valence-corrected chi connectivity index (χ1v) is 12.7. The monoisotopic (exact) mass is 450 g/mol. The number of nitrogens with zero attached hydrogens (tertiary/aromatic N) is 2. The molecule has 4 rings (SSSR count). The Morgan fingerprint density at radius 2 is 1.73 bits per heavy atom. The molecule has 1 aliphatic carbocycles. The first-order valence-electron chi connectivity index (χ1n) is 12.7. The van der Waals surface area contributed by atoms with E-state index >= 15 is 0 Å². The van der Waals surface area contributed by atoms with Crippen molar-refractivity contribution in [3.05, 3.63) is 71.0 Å². The first-order chi connectivity index (χ1) is 15.9. The molecular formula is C29H39FN2O. The normalized spacial score (nSPS) is 22.1. The van der Waals surface area contributed by atoms with E-state index in [2.05, 4.69) is 41.0 Å². The van der Waals surface area contributed by atoms with Crippen molar-refractivity contribution in [2.45, 2.75) is 71.4 Å². The number of carbonyl (C=O) groups excluding carboxylic acids is 1. The Morgan fingerprint density at radius 3 is 2.39 bits per heavy atom. The maximum Gasteiger partial charge on any atom is 0.225 e. The number of amides is 1. The van der Waals surface area contributed by atoms with Crippen LogP contribution in [0.2, 0.25) is 0 Å². The van der Waals surface area contributed by atoms with Gasteiger partial charge in [0.15, 0.2) is 0 Å². The van der Waals surface area contributed by atoms with Crippen molar-refractivity contribution in [1.29, 1.82) is 0 Å². The van der Waals surface area contributed by atoms with Crippen LogP contribution in [0.25, 0.3) is 0 Å². The van der Waals surface area contributed by atoms with Crippen molar-refractivity contribution in [2.24, 2.45) is 11.8 Å². The molecule has 2 aromatic carbocycles. The fraction of sp³-hybridized carbons (Fsp3) is 0.552. The number of carbonyl (C=O) groups is 1. The molecule has 0 spiro atoms. The number of halogens is 1. The molecule has 178 valence electrons. The lowest BCUT2D eigenvalue weighted by atomic mass is 9.86. The maximum absolute atomic E-state index is 14.4. The van der Waals surface area contributed by atoms with Crippen molar-refractivity contribution < 1.29 is 9.18 Å². The predicted molar refractivity (Wildman–Crippen MR) is 133 cm³/mol. The lowest BCUT2D eigenvalue weighted by Gasteiger charge is -2.38. The molecule has 2 aliphatic rings.